The molecular weight excluding hydrogens is 426 g/mol. The van der Waals surface area contributed by atoms with Crippen molar-refractivity contribution >= 4 is 46.9 Å². The lowest BCUT2D eigenvalue weighted by Gasteiger charge is -2.26. The number of anilines is 1. The third-order valence-corrected chi connectivity index (χ3v) is 4.72. The highest BCUT2D eigenvalue weighted by Crippen LogP contribution is 2.32. The first-order chi connectivity index (χ1) is 14.8. The number of rotatable bonds is 4. The highest BCUT2D eigenvalue weighted by Gasteiger charge is 2.37. The summed E-state index contributed by atoms with van der Waals surface area (Å²) in [5.41, 5.74) is -0.0139. The number of furan rings is 1. The summed E-state index contributed by atoms with van der Waals surface area (Å²) in [6.07, 6.45) is 1.17. The fourth-order valence-electron chi connectivity index (χ4n) is 3.04. The Morgan fingerprint density at radius 2 is 1.71 bits per heavy atom. The molecule has 1 aliphatic heterocycles. The minimum absolute atomic E-state index is 0.108. The first-order valence-corrected chi connectivity index (χ1v) is 9.23. The van der Waals surface area contributed by atoms with Gasteiger partial charge in [0.25, 0.3) is 17.5 Å². The van der Waals surface area contributed by atoms with Gasteiger partial charge < -0.3 is 4.42 Å². The fraction of sp³-hybridized carbons (Fsp3) is 0. The van der Waals surface area contributed by atoms with Crippen molar-refractivity contribution in [2.75, 3.05) is 4.90 Å². The van der Waals surface area contributed by atoms with Gasteiger partial charge in [-0.15, -0.1) is 0 Å². The van der Waals surface area contributed by atoms with Crippen LogP contribution in [0, 0.1) is 10.1 Å². The number of hydrogen-bond acceptors (Lipinski definition) is 6. The van der Waals surface area contributed by atoms with Crippen molar-refractivity contribution in [3.8, 4) is 11.3 Å². The van der Waals surface area contributed by atoms with Crippen LogP contribution in [0.15, 0.2) is 70.7 Å². The van der Waals surface area contributed by atoms with E-state index in [9.17, 15) is 24.5 Å². The van der Waals surface area contributed by atoms with Crippen LogP contribution in [0.4, 0.5) is 16.2 Å². The Morgan fingerprint density at radius 3 is 2.42 bits per heavy atom. The van der Waals surface area contributed by atoms with Crippen LogP contribution in [0.25, 0.3) is 17.4 Å². The molecule has 1 fully saturated rings. The Morgan fingerprint density at radius 1 is 1.00 bits per heavy atom. The van der Waals surface area contributed by atoms with Crippen molar-refractivity contribution < 1.29 is 23.7 Å². The average Bonchev–Trinajstić information content (AvgIpc) is 3.21. The van der Waals surface area contributed by atoms with E-state index in [0.29, 0.717) is 5.02 Å². The summed E-state index contributed by atoms with van der Waals surface area (Å²) in [7, 11) is 0. The molecule has 0 unspecified atom stereocenters. The van der Waals surface area contributed by atoms with Crippen molar-refractivity contribution in [1.29, 1.82) is 0 Å². The second-order valence-electron chi connectivity index (χ2n) is 6.41. The number of nitro benzene ring substituents is 1. The van der Waals surface area contributed by atoms with Gasteiger partial charge in [0, 0.05) is 11.1 Å². The molecule has 0 aliphatic carbocycles. The number of carbonyl (C=O) groups excluding carboxylic acids is 3. The molecule has 9 nitrogen and oxygen atoms in total. The van der Waals surface area contributed by atoms with Gasteiger partial charge in [0.1, 0.15) is 17.1 Å². The zero-order valence-corrected chi connectivity index (χ0v) is 16.3. The average molecular weight is 438 g/mol. The number of para-hydroxylation sites is 1. The monoisotopic (exact) mass is 437 g/mol. The first-order valence-electron chi connectivity index (χ1n) is 8.86. The van der Waals surface area contributed by atoms with Crippen LogP contribution in [-0.2, 0) is 9.59 Å². The maximum absolute atomic E-state index is 12.9. The molecule has 2 aromatic carbocycles. The smallest absolute Gasteiger partial charge is 0.335 e. The quantitative estimate of drug-likeness (QED) is 0.283. The minimum atomic E-state index is -0.894. The van der Waals surface area contributed by atoms with Gasteiger partial charge >= 0.3 is 6.03 Å². The summed E-state index contributed by atoms with van der Waals surface area (Å²) in [5, 5.41) is 13.8. The first kappa shape index (κ1) is 20.0. The molecule has 1 saturated heterocycles. The van der Waals surface area contributed by atoms with Gasteiger partial charge in [0.2, 0.25) is 0 Å². The van der Waals surface area contributed by atoms with Crippen LogP contribution in [-0.4, -0.2) is 22.8 Å². The number of imide groups is 2. The summed E-state index contributed by atoms with van der Waals surface area (Å²) < 4.78 is 5.61. The third-order valence-electron chi connectivity index (χ3n) is 4.47. The van der Waals surface area contributed by atoms with E-state index < -0.39 is 22.8 Å². The molecule has 4 amide bonds. The standard InChI is InChI=1S/C21H12ClN3O6/c22-12-5-7-13(8-6-12)24-20(27)16(19(26)23-21(24)28)11-14-9-10-18(31-14)15-3-1-2-4-17(15)25(29)30/h1-11H,(H,23,26,28)/b16-11+. The number of urea groups is 1. The number of benzene rings is 2. The third kappa shape index (κ3) is 3.81. The number of halogens is 1. The van der Waals surface area contributed by atoms with E-state index in [2.05, 4.69) is 5.32 Å². The van der Waals surface area contributed by atoms with Crippen molar-refractivity contribution in [3.05, 3.63) is 87.1 Å². The predicted molar refractivity (Wildman–Crippen MR) is 111 cm³/mol. The zero-order valence-electron chi connectivity index (χ0n) is 15.6. The maximum Gasteiger partial charge on any atom is 0.335 e. The molecule has 154 valence electrons. The summed E-state index contributed by atoms with van der Waals surface area (Å²) in [5.74, 6) is -1.44. The van der Waals surface area contributed by atoms with Crippen molar-refractivity contribution in [3.63, 3.8) is 0 Å². The van der Waals surface area contributed by atoms with Crippen LogP contribution < -0.4 is 10.2 Å². The van der Waals surface area contributed by atoms with E-state index in [1.54, 1.807) is 6.07 Å². The number of amides is 4. The Labute approximate surface area is 179 Å². The van der Waals surface area contributed by atoms with Gasteiger partial charge in [-0.05, 0) is 48.5 Å². The summed E-state index contributed by atoms with van der Waals surface area (Å²) in [6.45, 7) is 0. The van der Waals surface area contributed by atoms with E-state index in [-0.39, 0.29) is 34.0 Å². The van der Waals surface area contributed by atoms with Crippen LogP contribution >= 0.6 is 11.6 Å². The topological polar surface area (TPSA) is 123 Å². The van der Waals surface area contributed by atoms with E-state index in [1.165, 1.54) is 60.7 Å². The highest BCUT2D eigenvalue weighted by atomic mass is 35.5. The highest BCUT2D eigenvalue weighted by molar-refractivity contribution is 6.39. The van der Waals surface area contributed by atoms with Gasteiger partial charge in [-0.1, -0.05) is 23.7 Å². The number of barbiturate groups is 1. The molecule has 1 aliphatic rings. The molecule has 31 heavy (non-hydrogen) atoms. The molecule has 10 heteroatoms. The van der Waals surface area contributed by atoms with E-state index in [0.717, 1.165) is 4.90 Å². The Hall–Kier alpha value is -4.24. The number of carbonyl (C=O) groups is 3. The lowest BCUT2D eigenvalue weighted by atomic mass is 10.1. The number of nitrogens with one attached hydrogen (secondary N) is 1. The largest absolute Gasteiger partial charge is 0.456 e. The molecule has 0 radical (unpaired) electrons. The van der Waals surface area contributed by atoms with E-state index >= 15 is 0 Å². The van der Waals surface area contributed by atoms with E-state index in [1.807, 2.05) is 0 Å². The Bertz CT molecular complexity index is 1260. The van der Waals surface area contributed by atoms with Crippen LogP contribution in [0.3, 0.4) is 0 Å². The molecule has 2 heterocycles. The number of hydrogen-bond donors (Lipinski definition) is 1. The van der Waals surface area contributed by atoms with Crippen molar-refractivity contribution in [2.24, 2.45) is 0 Å². The maximum atomic E-state index is 12.9. The number of nitro groups is 1. The molecule has 1 aromatic heterocycles. The summed E-state index contributed by atoms with van der Waals surface area (Å²) in [4.78, 5) is 48.9. The van der Waals surface area contributed by atoms with Crippen molar-refractivity contribution in [1.82, 2.24) is 5.32 Å². The molecular formula is C21H12ClN3O6. The van der Waals surface area contributed by atoms with Crippen LogP contribution in [0.2, 0.25) is 5.02 Å². The Balaban J connectivity index is 1.69. The fourth-order valence-corrected chi connectivity index (χ4v) is 3.17. The number of nitrogens with zero attached hydrogens (tertiary/aromatic N) is 2. The molecule has 0 bridgehead atoms. The molecule has 0 saturated carbocycles. The SMILES string of the molecule is O=C1NC(=O)N(c2ccc(Cl)cc2)C(=O)/C1=C/c1ccc(-c2ccccc2[N+](=O)[O-])o1. The summed E-state index contributed by atoms with van der Waals surface area (Å²) >= 11 is 5.84. The second-order valence-corrected chi connectivity index (χ2v) is 6.85. The van der Waals surface area contributed by atoms with Gasteiger partial charge in [-0.25, -0.2) is 9.69 Å². The molecule has 0 spiro atoms. The molecule has 4 rings (SSSR count). The van der Waals surface area contributed by atoms with Gasteiger partial charge in [-0.2, -0.15) is 0 Å². The zero-order chi connectivity index (χ0) is 22.1. The molecule has 3 aromatic rings. The molecule has 1 N–H and O–H groups in total. The normalized spacial score (nSPS) is 15.3. The predicted octanol–water partition coefficient (Wildman–Crippen LogP) is 4.17. The van der Waals surface area contributed by atoms with Gasteiger partial charge in [-0.3, -0.25) is 25.0 Å². The lowest BCUT2D eigenvalue weighted by Crippen LogP contribution is -2.54. The van der Waals surface area contributed by atoms with Gasteiger partial charge in [0.05, 0.1) is 16.2 Å². The lowest BCUT2D eigenvalue weighted by molar-refractivity contribution is -0.384. The second kappa shape index (κ2) is 7.88. The van der Waals surface area contributed by atoms with Crippen LogP contribution in [0.5, 0.6) is 0 Å². The Kier molecular flexibility index (Phi) is 5.10. The minimum Gasteiger partial charge on any atom is -0.456 e. The van der Waals surface area contributed by atoms with Crippen molar-refractivity contribution in [2.45, 2.75) is 0 Å². The summed E-state index contributed by atoms with van der Waals surface area (Å²) in [6, 6.07) is 14.0. The van der Waals surface area contributed by atoms with E-state index in [4.69, 9.17) is 16.0 Å². The van der Waals surface area contributed by atoms with Gasteiger partial charge in [0.15, 0.2) is 0 Å². The molecule has 0 atom stereocenters. The van der Waals surface area contributed by atoms with Crippen LogP contribution in [0.1, 0.15) is 5.76 Å².